The lowest BCUT2D eigenvalue weighted by atomic mass is 10.1. The number of anilines is 1. The van der Waals surface area contributed by atoms with E-state index in [2.05, 4.69) is 29.9 Å². The summed E-state index contributed by atoms with van der Waals surface area (Å²) < 4.78 is 29.8. The van der Waals surface area contributed by atoms with E-state index in [9.17, 15) is 4.55 Å². The van der Waals surface area contributed by atoms with Crippen molar-refractivity contribution in [2.24, 2.45) is 0 Å². The predicted molar refractivity (Wildman–Crippen MR) is 130 cm³/mol. The summed E-state index contributed by atoms with van der Waals surface area (Å²) in [6.45, 7) is 5.04. The molecule has 4 unspecified atom stereocenters. The van der Waals surface area contributed by atoms with Crippen LogP contribution in [0.3, 0.4) is 0 Å². The van der Waals surface area contributed by atoms with E-state index in [1.165, 1.54) is 19.5 Å². The molecule has 4 heterocycles. The van der Waals surface area contributed by atoms with Crippen LogP contribution in [-0.4, -0.2) is 59.3 Å². The first kappa shape index (κ1) is 24.8. The normalized spacial score (nSPS) is 18.9. The summed E-state index contributed by atoms with van der Waals surface area (Å²) in [7, 11) is 1.53. The van der Waals surface area contributed by atoms with Gasteiger partial charge in [0.2, 0.25) is 0 Å². The number of pyridine rings is 1. The van der Waals surface area contributed by atoms with Gasteiger partial charge in [-0.15, -0.1) is 10.2 Å². The van der Waals surface area contributed by atoms with E-state index in [0.717, 1.165) is 37.0 Å². The highest BCUT2D eigenvalue weighted by atomic mass is 35.5. The highest BCUT2D eigenvalue weighted by molar-refractivity contribution is 7.93. The predicted octanol–water partition coefficient (Wildman–Crippen LogP) is 3.51. The van der Waals surface area contributed by atoms with Crippen LogP contribution in [0.4, 0.5) is 5.95 Å². The molecule has 3 aromatic heterocycles. The third kappa shape index (κ3) is 5.84. The fraction of sp³-hybridized carbons (Fsp3) is 0.500. The summed E-state index contributed by atoms with van der Waals surface area (Å²) >= 11 is 4.31. The molecule has 0 amide bonds. The second-order valence-corrected chi connectivity index (χ2v) is 10.2. The quantitative estimate of drug-likeness (QED) is 0.435. The molecule has 34 heavy (non-hydrogen) atoms. The molecule has 0 bridgehead atoms. The Morgan fingerprint density at radius 1 is 1.26 bits per heavy atom. The van der Waals surface area contributed by atoms with E-state index in [4.69, 9.17) is 21.1 Å². The molecular formula is C22H28ClN7O3S. The molecule has 1 saturated heterocycles. The van der Waals surface area contributed by atoms with Crippen molar-refractivity contribution in [3.63, 3.8) is 0 Å². The molecule has 0 aromatic carbocycles. The Morgan fingerprint density at radius 3 is 2.74 bits per heavy atom. The average Bonchev–Trinajstić information content (AvgIpc) is 3.23. The number of ether oxygens (including phenoxy) is 2. The summed E-state index contributed by atoms with van der Waals surface area (Å²) in [5, 5.41) is 8.63. The summed E-state index contributed by atoms with van der Waals surface area (Å²) in [5.41, 5.74) is 1.85. The first-order chi connectivity index (χ1) is 16.5. The number of halogens is 1. The van der Waals surface area contributed by atoms with Gasteiger partial charge < -0.3 is 14.0 Å². The average molecular weight is 506 g/mol. The lowest BCUT2D eigenvalue weighted by Gasteiger charge is -2.26. The summed E-state index contributed by atoms with van der Waals surface area (Å²) in [5.74, 6) is 1.43. The van der Waals surface area contributed by atoms with Crippen LogP contribution in [0.15, 0.2) is 30.9 Å². The van der Waals surface area contributed by atoms with E-state index < -0.39 is 22.7 Å². The van der Waals surface area contributed by atoms with E-state index in [1.807, 2.05) is 17.6 Å². The molecule has 1 aliphatic rings. The molecular weight excluding hydrogens is 478 g/mol. The van der Waals surface area contributed by atoms with Crippen LogP contribution in [-0.2, 0) is 27.4 Å². The SMILES string of the molecule is COC(c1ncc(Cl)cn1)C(C)[S+]([O-])Nc1nnc(-c2cncc(C)c2)n1CC1CCCCO1. The minimum atomic E-state index is -1.58. The number of rotatable bonds is 9. The van der Waals surface area contributed by atoms with Crippen LogP contribution in [0.5, 0.6) is 0 Å². The molecule has 4 atom stereocenters. The molecule has 0 aliphatic carbocycles. The first-order valence-corrected chi connectivity index (χ1v) is 12.7. The monoisotopic (exact) mass is 505 g/mol. The highest BCUT2D eigenvalue weighted by Gasteiger charge is 2.34. The molecule has 12 heteroatoms. The molecule has 4 rings (SSSR count). The Morgan fingerprint density at radius 2 is 2.06 bits per heavy atom. The molecule has 3 aromatic rings. The van der Waals surface area contributed by atoms with Crippen molar-refractivity contribution in [1.82, 2.24) is 29.7 Å². The smallest absolute Gasteiger partial charge is 0.266 e. The Hall–Kier alpha value is -2.31. The van der Waals surface area contributed by atoms with Gasteiger partial charge in [-0.2, -0.15) is 4.72 Å². The number of aryl methyl sites for hydroxylation is 1. The van der Waals surface area contributed by atoms with Crippen LogP contribution in [0, 0.1) is 6.92 Å². The summed E-state index contributed by atoms with van der Waals surface area (Å²) in [4.78, 5) is 12.7. The maximum atomic E-state index is 13.3. The molecule has 0 radical (unpaired) electrons. The second kappa shape index (κ2) is 11.4. The van der Waals surface area contributed by atoms with Gasteiger partial charge >= 0.3 is 0 Å². The Labute approximate surface area is 206 Å². The molecule has 0 saturated carbocycles. The third-order valence-corrected chi connectivity index (χ3v) is 7.15. The van der Waals surface area contributed by atoms with Crippen LogP contribution < -0.4 is 4.72 Å². The largest absolute Gasteiger partial charge is 0.593 e. The Kier molecular flexibility index (Phi) is 8.32. The van der Waals surface area contributed by atoms with Crippen LogP contribution >= 0.6 is 11.6 Å². The van der Waals surface area contributed by atoms with E-state index in [-0.39, 0.29) is 6.10 Å². The van der Waals surface area contributed by atoms with E-state index in [1.54, 1.807) is 19.3 Å². The number of nitrogens with one attached hydrogen (secondary N) is 1. The van der Waals surface area contributed by atoms with Gasteiger partial charge in [-0.3, -0.25) is 9.55 Å². The number of aromatic nitrogens is 6. The Bertz CT molecular complexity index is 1080. The van der Waals surface area contributed by atoms with Gasteiger partial charge in [0, 0.05) is 44.1 Å². The highest BCUT2D eigenvalue weighted by Crippen LogP contribution is 2.28. The van der Waals surface area contributed by atoms with Crippen LogP contribution in [0.25, 0.3) is 11.4 Å². The summed E-state index contributed by atoms with van der Waals surface area (Å²) in [6.07, 6.45) is 9.05. The van der Waals surface area contributed by atoms with Gasteiger partial charge in [0.05, 0.1) is 29.0 Å². The van der Waals surface area contributed by atoms with Gasteiger partial charge in [-0.05, 0) is 44.7 Å². The lowest BCUT2D eigenvalue weighted by Crippen LogP contribution is -2.34. The van der Waals surface area contributed by atoms with Crippen molar-refractivity contribution < 1.29 is 14.0 Å². The zero-order valence-corrected chi connectivity index (χ0v) is 20.9. The lowest BCUT2D eigenvalue weighted by molar-refractivity contribution is 0.00651. The van der Waals surface area contributed by atoms with Gasteiger partial charge in [0.1, 0.15) is 0 Å². The standard InChI is InChI=1S/C22H28ClN7O3S/c1-14-8-16(10-24-9-14)21-27-28-22(30(21)13-18-6-4-5-7-33-18)29-34(31)15(2)19(32-3)20-25-11-17(23)12-26-20/h8-12,15,18-19H,4-7,13H2,1-3H3,(H,28,29). The zero-order valence-electron chi connectivity index (χ0n) is 19.3. The first-order valence-electron chi connectivity index (χ1n) is 11.1. The topological polar surface area (TPSA) is 123 Å². The van der Waals surface area contributed by atoms with E-state index in [0.29, 0.717) is 29.2 Å². The fourth-order valence-electron chi connectivity index (χ4n) is 3.87. The van der Waals surface area contributed by atoms with Gasteiger partial charge in [-0.25, -0.2) is 9.97 Å². The number of hydrogen-bond donors (Lipinski definition) is 1. The van der Waals surface area contributed by atoms with Crippen molar-refractivity contribution in [2.45, 2.75) is 57.1 Å². The molecule has 1 fully saturated rings. The third-order valence-electron chi connectivity index (χ3n) is 5.65. The van der Waals surface area contributed by atoms with Crippen molar-refractivity contribution >= 4 is 28.9 Å². The van der Waals surface area contributed by atoms with E-state index >= 15 is 0 Å². The van der Waals surface area contributed by atoms with Crippen molar-refractivity contribution in [2.75, 3.05) is 18.4 Å². The molecule has 1 aliphatic heterocycles. The van der Waals surface area contributed by atoms with Gasteiger partial charge in [0.15, 0.2) is 23.0 Å². The van der Waals surface area contributed by atoms with Gasteiger partial charge in [0.25, 0.3) is 5.95 Å². The van der Waals surface area contributed by atoms with Crippen molar-refractivity contribution in [3.05, 3.63) is 47.3 Å². The van der Waals surface area contributed by atoms with Crippen LogP contribution in [0.1, 0.15) is 43.7 Å². The summed E-state index contributed by atoms with van der Waals surface area (Å²) in [6, 6.07) is 2.00. The maximum absolute atomic E-state index is 13.3. The minimum Gasteiger partial charge on any atom is -0.593 e. The fourth-order valence-corrected chi connectivity index (χ4v) is 4.94. The second-order valence-electron chi connectivity index (χ2n) is 8.22. The maximum Gasteiger partial charge on any atom is 0.266 e. The number of nitrogens with zero attached hydrogens (tertiary/aromatic N) is 6. The Balaban J connectivity index is 1.59. The molecule has 10 nitrogen and oxygen atoms in total. The number of methoxy groups -OCH3 is 1. The van der Waals surface area contributed by atoms with Crippen molar-refractivity contribution in [1.29, 1.82) is 0 Å². The molecule has 0 spiro atoms. The molecule has 1 N–H and O–H groups in total. The van der Waals surface area contributed by atoms with Gasteiger partial charge in [-0.1, -0.05) is 11.6 Å². The zero-order chi connectivity index (χ0) is 24.1. The minimum absolute atomic E-state index is 0.0295. The van der Waals surface area contributed by atoms with Crippen molar-refractivity contribution in [3.8, 4) is 11.4 Å². The molecule has 182 valence electrons. The van der Waals surface area contributed by atoms with Crippen LogP contribution in [0.2, 0.25) is 5.02 Å². The number of hydrogen-bond acceptors (Lipinski definition) is 9.